The number of halogens is 1. The van der Waals surface area contributed by atoms with Crippen LogP contribution in [0.3, 0.4) is 0 Å². The normalized spacial score (nSPS) is 10.2. The summed E-state index contributed by atoms with van der Waals surface area (Å²) in [5.41, 5.74) is 2.28. The molecule has 0 radical (unpaired) electrons. The molecule has 0 fully saturated rings. The average molecular weight is 379 g/mol. The lowest BCUT2D eigenvalue weighted by Crippen LogP contribution is -2.15. The van der Waals surface area contributed by atoms with Gasteiger partial charge >= 0.3 is 0 Å². The van der Waals surface area contributed by atoms with Gasteiger partial charge in [-0.1, -0.05) is 12.1 Å². The van der Waals surface area contributed by atoms with E-state index in [0.717, 1.165) is 5.56 Å². The minimum absolute atomic E-state index is 0.168. The number of nitrogens with zero attached hydrogens (tertiary/aromatic N) is 2. The Morgan fingerprint density at radius 3 is 2.21 bits per heavy atom. The zero-order valence-corrected chi connectivity index (χ0v) is 15.1. The third-order valence-electron chi connectivity index (χ3n) is 3.75. The number of carbonyl (C=O) groups is 2. The van der Waals surface area contributed by atoms with Gasteiger partial charge in [0.1, 0.15) is 23.7 Å². The lowest BCUT2D eigenvalue weighted by atomic mass is 10.2. The highest BCUT2D eigenvalue weighted by atomic mass is 19.1. The maximum atomic E-state index is 12.9. The molecular weight excluding hydrogens is 361 g/mol. The van der Waals surface area contributed by atoms with E-state index in [-0.39, 0.29) is 23.3 Å². The average Bonchev–Trinajstić information content (AvgIpc) is 2.69. The van der Waals surface area contributed by atoms with Crippen molar-refractivity contribution < 1.29 is 14.0 Å². The molecule has 0 spiro atoms. The Labute approximate surface area is 161 Å². The van der Waals surface area contributed by atoms with Gasteiger partial charge in [0, 0.05) is 30.9 Å². The van der Waals surface area contributed by atoms with Gasteiger partial charge in [-0.3, -0.25) is 9.59 Å². The van der Waals surface area contributed by atoms with Crippen LogP contribution in [0.15, 0.2) is 60.9 Å². The molecule has 3 rings (SSSR count). The van der Waals surface area contributed by atoms with Gasteiger partial charge in [0.15, 0.2) is 0 Å². The van der Waals surface area contributed by atoms with Gasteiger partial charge in [0.05, 0.1) is 0 Å². The van der Waals surface area contributed by atoms with Crippen molar-refractivity contribution in [2.75, 3.05) is 16.0 Å². The minimum Gasteiger partial charge on any atom is -0.366 e. The van der Waals surface area contributed by atoms with E-state index in [9.17, 15) is 14.0 Å². The summed E-state index contributed by atoms with van der Waals surface area (Å²) in [5.74, 6) is -0.377. The molecule has 142 valence electrons. The van der Waals surface area contributed by atoms with E-state index in [4.69, 9.17) is 0 Å². The third-order valence-corrected chi connectivity index (χ3v) is 3.75. The number of hydrogen-bond donors (Lipinski definition) is 3. The zero-order chi connectivity index (χ0) is 19.9. The van der Waals surface area contributed by atoms with Crippen molar-refractivity contribution in [3.8, 4) is 0 Å². The Morgan fingerprint density at radius 2 is 1.57 bits per heavy atom. The van der Waals surface area contributed by atoms with Crippen LogP contribution in [-0.4, -0.2) is 21.8 Å². The topological polar surface area (TPSA) is 96.0 Å². The summed E-state index contributed by atoms with van der Waals surface area (Å²) in [6.07, 6.45) is 1.29. The van der Waals surface area contributed by atoms with Crippen LogP contribution in [0.25, 0.3) is 0 Å². The van der Waals surface area contributed by atoms with Crippen molar-refractivity contribution in [1.29, 1.82) is 0 Å². The summed E-state index contributed by atoms with van der Waals surface area (Å²) in [7, 11) is 0. The Morgan fingerprint density at radius 1 is 0.929 bits per heavy atom. The van der Waals surface area contributed by atoms with E-state index in [1.54, 1.807) is 36.4 Å². The van der Waals surface area contributed by atoms with Crippen LogP contribution < -0.4 is 16.0 Å². The number of carbonyl (C=O) groups excluding carboxylic acids is 2. The van der Waals surface area contributed by atoms with E-state index >= 15 is 0 Å². The molecule has 2 aromatic carbocycles. The van der Waals surface area contributed by atoms with Crippen molar-refractivity contribution in [2.45, 2.75) is 13.5 Å². The Balaban J connectivity index is 1.61. The molecule has 0 aliphatic carbocycles. The summed E-state index contributed by atoms with van der Waals surface area (Å²) in [6, 6.07) is 14.4. The van der Waals surface area contributed by atoms with Crippen molar-refractivity contribution >= 4 is 29.0 Å². The lowest BCUT2D eigenvalue weighted by Gasteiger charge is -2.09. The maximum Gasteiger partial charge on any atom is 0.274 e. The highest BCUT2D eigenvalue weighted by molar-refractivity contribution is 6.03. The van der Waals surface area contributed by atoms with E-state index in [1.165, 1.54) is 31.5 Å². The van der Waals surface area contributed by atoms with Crippen LogP contribution in [0.4, 0.5) is 21.6 Å². The molecule has 0 aliphatic rings. The highest BCUT2D eigenvalue weighted by Crippen LogP contribution is 2.15. The summed E-state index contributed by atoms with van der Waals surface area (Å²) in [4.78, 5) is 31.5. The van der Waals surface area contributed by atoms with E-state index in [2.05, 4.69) is 25.9 Å². The smallest absolute Gasteiger partial charge is 0.274 e. The van der Waals surface area contributed by atoms with Crippen molar-refractivity contribution in [1.82, 2.24) is 9.97 Å². The number of hydrogen-bond acceptors (Lipinski definition) is 5. The van der Waals surface area contributed by atoms with E-state index in [0.29, 0.717) is 23.7 Å². The molecule has 7 nitrogen and oxygen atoms in total. The van der Waals surface area contributed by atoms with Crippen molar-refractivity contribution in [2.24, 2.45) is 0 Å². The summed E-state index contributed by atoms with van der Waals surface area (Å²) in [6.45, 7) is 1.86. The molecule has 1 aromatic heterocycles. The molecule has 0 atom stereocenters. The molecule has 0 saturated carbocycles. The Bertz CT molecular complexity index is 975. The molecule has 0 aliphatic heterocycles. The summed E-state index contributed by atoms with van der Waals surface area (Å²) < 4.78 is 12.9. The first-order valence-corrected chi connectivity index (χ1v) is 8.49. The minimum atomic E-state index is -0.389. The number of rotatable bonds is 6. The zero-order valence-electron chi connectivity index (χ0n) is 15.1. The number of anilines is 3. The quantitative estimate of drug-likeness (QED) is 0.610. The third kappa shape index (κ3) is 5.34. The fraction of sp³-hybridized carbons (Fsp3) is 0.100. The van der Waals surface area contributed by atoms with Gasteiger partial charge in [0.2, 0.25) is 5.91 Å². The fourth-order valence-electron chi connectivity index (χ4n) is 2.41. The molecule has 2 amide bonds. The predicted molar refractivity (Wildman–Crippen MR) is 104 cm³/mol. The number of benzene rings is 2. The first-order valence-electron chi connectivity index (χ1n) is 8.49. The molecule has 28 heavy (non-hydrogen) atoms. The molecule has 3 N–H and O–H groups in total. The first kappa shape index (κ1) is 19.0. The number of nitrogens with one attached hydrogen (secondary N) is 3. The first-order chi connectivity index (χ1) is 13.5. The molecule has 0 unspecified atom stereocenters. The van der Waals surface area contributed by atoms with Crippen molar-refractivity contribution in [3.63, 3.8) is 0 Å². The monoisotopic (exact) mass is 379 g/mol. The van der Waals surface area contributed by atoms with Crippen LogP contribution in [0, 0.1) is 5.82 Å². The standard InChI is InChI=1S/C20H18FN5O2/c1-13(27)25-16-6-8-17(9-7-16)26-20(28)18-10-19(24-12-23-18)22-11-14-2-4-15(21)5-3-14/h2-10,12H,11H2,1H3,(H,25,27)(H,26,28)(H,22,23,24). The summed E-state index contributed by atoms with van der Waals surface area (Å²) in [5, 5.41) is 8.46. The van der Waals surface area contributed by atoms with Gasteiger partial charge in [-0.25, -0.2) is 14.4 Å². The Hall–Kier alpha value is -3.81. The molecular formula is C20H18FN5O2. The predicted octanol–water partition coefficient (Wildman–Crippen LogP) is 3.44. The molecule has 0 saturated heterocycles. The number of aromatic nitrogens is 2. The highest BCUT2D eigenvalue weighted by Gasteiger charge is 2.09. The van der Waals surface area contributed by atoms with Crippen LogP contribution in [0.1, 0.15) is 23.0 Å². The molecule has 1 heterocycles. The van der Waals surface area contributed by atoms with Crippen LogP contribution >= 0.6 is 0 Å². The second-order valence-electron chi connectivity index (χ2n) is 5.98. The second kappa shape index (κ2) is 8.72. The number of amides is 2. The van der Waals surface area contributed by atoms with Gasteiger partial charge in [-0.05, 0) is 42.0 Å². The fourth-order valence-corrected chi connectivity index (χ4v) is 2.41. The van der Waals surface area contributed by atoms with E-state index < -0.39 is 0 Å². The summed E-state index contributed by atoms with van der Waals surface area (Å²) >= 11 is 0. The van der Waals surface area contributed by atoms with Gasteiger partial charge < -0.3 is 16.0 Å². The van der Waals surface area contributed by atoms with Crippen LogP contribution in [0.5, 0.6) is 0 Å². The Kier molecular flexibility index (Phi) is 5.91. The SMILES string of the molecule is CC(=O)Nc1ccc(NC(=O)c2cc(NCc3ccc(F)cc3)ncn2)cc1. The van der Waals surface area contributed by atoms with Crippen molar-refractivity contribution in [3.05, 3.63) is 78.0 Å². The maximum absolute atomic E-state index is 12.9. The van der Waals surface area contributed by atoms with Crippen LogP contribution in [-0.2, 0) is 11.3 Å². The van der Waals surface area contributed by atoms with Gasteiger partial charge in [0.25, 0.3) is 5.91 Å². The second-order valence-corrected chi connectivity index (χ2v) is 5.98. The van der Waals surface area contributed by atoms with Crippen LogP contribution in [0.2, 0.25) is 0 Å². The van der Waals surface area contributed by atoms with E-state index in [1.807, 2.05) is 0 Å². The molecule has 3 aromatic rings. The largest absolute Gasteiger partial charge is 0.366 e. The molecule has 0 bridgehead atoms. The molecule has 8 heteroatoms. The van der Waals surface area contributed by atoms with Gasteiger partial charge in [-0.15, -0.1) is 0 Å². The lowest BCUT2D eigenvalue weighted by molar-refractivity contribution is -0.114. The van der Waals surface area contributed by atoms with Gasteiger partial charge in [-0.2, -0.15) is 0 Å².